The zero-order chi connectivity index (χ0) is 18.1. The van der Waals surface area contributed by atoms with Crippen molar-refractivity contribution in [3.63, 3.8) is 0 Å². The van der Waals surface area contributed by atoms with Gasteiger partial charge in [0.15, 0.2) is 0 Å². The van der Waals surface area contributed by atoms with E-state index in [0.29, 0.717) is 19.0 Å². The van der Waals surface area contributed by atoms with E-state index in [9.17, 15) is 14.4 Å². The Balaban J connectivity index is 1.41. The van der Waals surface area contributed by atoms with Crippen LogP contribution in [0.1, 0.15) is 38.5 Å². The lowest BCUT2D eigenvalue weighted by molar-refractivity contribution is -0.147. The zero-order valence-corrected chi connectivity index (χ0v) is 15.1. The van der Waals surface area contributed by atoms with E-state index in [4.69, 9.17) is 0 Å². The minimum absolute atomic E-state index is 0.0112. The fourth-order valence-electron chi connectivity index (χ4n) is 4.53. The first-order valence-corrected chi connectivity index (χ1v) is 9.66. The summed E-state index contributed by atoms with van der Waals surface area (Å²) in [6, 6.07) is 1.64. The lowest BCUT2D eigenvalue weighted by Gasteiger charge is -2.42. The molecule has 0 unspecified atom stereocenters. The predicted octanol–water partition coefficient (Wildman–Crippen LogP) is 0.885. The third-order valence-corrected chi connectivity index (χ3v) is 6.32. The highest BCUT2D eigenvalue weighted by atomic mass is 16.2. The number of amides is 2. The molecular weight excluding hydrogens is 332 g/mol. The highest BCUT2D eigenvalue weighted by molar-refractivity contribution is 5.86. The maximum absolute atomic E-state index is 13.1. The highest BCUT2D eigenvalue weighted by Gasteiger charge is 2.49. The Morgan fingerprint density at radius 3 is 2.77 bits per heavy atom. The lowest BCUT2D eigenvalue weighted by atomic mass is 9.77. The second kappa shape index (κ2) is 6.85. The van der Waals surface area contributed by atoms with Gasteiger partial charge in [-0.1, -0.05) is 6.42 Å². The van der Waals surface area contributed by atoms with E-state index < -0.39 is 11.1 Å². The van der Waals surface area contributed by atoms with Crippen molar-refractivity contribution in [2.45, 2.75) is 45.1 Å². The van der Waals surface area contributed by atoms with Crippen molar-refractivity contribution in [3.8, 4) is 0 Å². The van der Waals surface area contributed by atoms with Crippen molar-refractivity contribution in [1.29, 1.82) is 0 Å². The van der Waals surface area contributed by atoms with Crippen LogP contribution in [0.15, 0.2) is 23.3 Å². The molecular formula is C19H26N4O3. The number of hydrogen-bond donors (Lipinski definition) is 0. The average Bonchev–Trinajstić information content (AvgIpc) is 3.02. The minimum Gasteiger partial charge on any atom is -0.342 e. The third kappa shape index (κ3) is 3.15. The normalized spacial score (nSPS) is 26.4. The third-order valence-electron chi connectivity index (χ3n) is 6.32. The number of aromatic nitrogens is 2. The molecule has 3 fully saturated rings. The molecule has 1 saturated carbocycles. The molecule has 2 aliphatic heterocycles. The topological polar surface area (TPSA) is 75.5 Å². The maximum atomic E-state index is 13.1. The number of carbonyl (C=O) groups excluding carboxylic acids is 2. The molecule has 0 aromatic carbocycles. The number of nitrogens with zero attached hydrogens (tertiary/aromatic N) is 4. The lowest BCUT2D eigenvalue weighted by Crippen LogP contribution is -2.52. The van der Waals surface area contributed by atoms with E-state index in [2.05, 4.69) is 4.98 Å². The SMILES string of the molecule is O=C(Cn1cccnc1=O)N1CC[C@@]2(CCCN(CC3CCC3)C2=O)C1. The van der Waals surface area contributed by atoms with E-state index in [-0.39, 0.29) is 18.4 Å². The van der Waals surface area contributed by atoms with Crippen molar-refractivity contribution < 1.29 is 9.59 Å². The van der Waals surface area contributed by atoms with Gasteiger partial charge in [0.05, 0.1) is 5.41 Å². The first-order chi connectivity index (χ1) is 12.6. The Morgan fingerprint density at radius 2 is 2.04 bits per heavy atom. The number of likely N-dealkylation sites (tertiary alicyclic amines) is 2. The molecule has 1 atom stereocenters. The second-order valence-electron chi connectivity index (χ2n) is 8.03. The fraction of sp³-hybridized carbons (Fsp3) is 0.684. The summed E-state index contributed by atoms with van der Waals surface area (Å²) < 4.78 is 1.32. The van der Waals surface area contributed by atoms with Gasteiger partial charge in [0.2, 0.25) is 11.8 Å². The standard InChI is InChI=1S/C19H26N4O3/c24-16(13-22-10-3-8-20-18(22)26)23-11-7-19(14-23)6-2-9-21(17(19)25)12-15-4-1-5-15/h3,8,10,15H,1-2,4-7,9,11-14H2/t19-/m0/s1. The monoisotopic (exact) mass is 358 g/mol. The molecule has 140 valence electrons. The van der Waals surface area contributed by atoms with Gasteiger partial charge in [-0.15, -0.1) is 0 Å². The van der Waals surface area contributed by atoms with Gasteiger partial charge in [-0.3, -0.25) is 14.2 Å². The van der Waals surface area contributed by atoms with Gasteiger partial charge in [0.1, 0.15) is 6.54 Å². The summed E-state index contributed by atoms with van der Waals surface area (Å²) in [5, 5.41) is 0. The Bertz CT molecular complexity index is 757. The molecule has 7 nitrogen and oxygen atoms in total. The quantitative estimate of drug-likeness (QED) is 0.801. The summed E-state index contributed by atoms with van der Waals surface area (Å²) in [5.74, 6) is 0.802. The van der Waals surface area contributed by atoms with Crippen LogP contribution in [-0.2, 0) is 16.1 Å². The van der Waals surface area contributed by atoms with E-state index in [1.807, 2.05) is 4.90 Å². The largest absolute Gasteiger partial charge is 0.347 e. The summed E-state index contributed by atoms with van der Waals surface area (Å²) in [5.41, 5.74) is -0.826. The Morgan fingerprint density at radius 1 is 1.19 bits per heavy atom. The molecule has 1 aromatic rings. The average molecular weight is 358 g/mol. The Labute approximate surface area is 153 Å². The van der Waals surface area contributed by atoms with Crippen LogP contribution in [0.2, 0.25) is 0 Å². The molecule has 0 bridgehead atoms. The van der Waals surface area contributed by atoms with E-state index in [0.717, 1.165) is 32.4 Å². The van der Waals surface area contributed by atoms with Gasteiger partial charge in [0, 0.05) is 38.6 Å². The number of piperidine rings is 1. The van der Waals surface area contributed by atoms with Gasteiger partial charge in [-0.05, 0) is 44.1 Å². The molecule has 0 radical (unpaired) electrons. The van der Waals surface area contributed by atoms with E-state index in [1.54, 1.807) is 17.2 Å². The van der Waals surface area contributed by atoms with Crippen molar-refractivity contribution in [3.05, 3.63) is 28.9 Å². The summed E-state index contributed by atoms with van der Waals surface area (Å²) >= 11 is 0. The van der Waals surface area contributed by atoms with Gasteiger partial charge in [-0.2, -0.15) is 0 Å². The van der Waals surface area contributed by atoms with Crippen molar-refractivity contribution >= 4 is 11.8 Å². The van der Waals surface area contributed by atoms with Gasteiger partial charge >= 0.3 is 5.69 Å². The first-order valence-electron chi connectivity index (χ1n) is 9.66. The van der Waals surface area contributed by atoms with Crippen LogP contribution in [0.5, 0.6) is 0 Å². The van der Waals surface area contributed by atoms with Crippen LogP contribution in [0, 0.1) is 11.3 Å². The van der Waals surface area contributed by atoms with Crippen LogP contribution in [0.25, 0.3) is 0 Å². The van der Waals surface area contributed by atoms with Crippen LogP contribution in [0.4, 0.5) is 0 Å². The highest BCUT2D eigenvalue weighted by Crippen LogP contribution is 2.41. The van der Waals surface area contributed by atoms with Crippen LogP contribution in [-0.4, -0.2) is 57.3 Å². The number of carbonyl (C=O) groups is 2. The minimum atomic E-state index is -0.421. The second-order valence-corrected chi connectivity index (χ2v) is 8.03. The summed E-state index contributed by atoms with van der Waals surface area (Å²) in [6.07, 6.45) is 9.37. The van der Waals surface area contributed by atoms with Crippen LogP contribution >= 0.6 is 0 Å². The fourth-order valence-corrected chi connectivity index (χ4v) is 4.53. The Kier molecular flexibility index (Phi) is 4.54. The van der Waals surface area contributed by atoms with Crippen molar-refractivity contribution in [2.24, 2.45) is 11.3 Å². The molecule has 3 heterocycles. The smallest absolute Gasteiger partial charge is 0.342 e. The molecule has 2 saturated heterocycles. The maximum Gasteiger partial charge on any atom is 0.347 e. The van der Waals surface area contributed by atoms with Gasteiger partial charge < -0.3 is 9.80 Å². The van der Waals surface area contributed by atoms with Gasteiger partial charge in [0.25, 0.3) is 0 Å². The van der Waals surface area contributed by atoms with Crippen molar-refractivity contribution in [1.82, 2.24) is 19.4 Å². The van der Waals surface area contributed by atoms with E-state index >= 15 is 0 Å². The molecule has 7 heteroatoms. The molecule has 1 aromatic heterocycles. The van der Waals surface area contributed by atoms with Crippen LogP contribution in [0.3, 0.4) is 0 Å². The summed E-state index contributed by atoms with van der Waals surface area (Å²) in [7, 11) is 0. The molecule has 26 heavy (non-hydrogen) atoms. The van der Waals surface area contributed by atoms with E-state index in [1.165, 1.54) is 30.0 Å². The molecule has 3 aliphatic rings. The molecule has 4 rings (SSSR count). The predicted molar refractivity (Wildman–Crippen MR) is 95.3 cm³/mol. The molecule has 1 aliphatic carbocycles. The Hall–Kier alpha value is -2.18. The first kappa shape index (κ1) is 17.2. The summed E-state index contributed by atoms with van der Waals surface area (Å²) in [6.45, 7) is 2.82. The molecule has 0 N–H and O–H groups in total. The van der Waals surface area contributed by atoms with Crippen LogP contribution < -0.4 is 5.69 Å². The number of rotatable bonds is 4. The molecule has 2 amide bonds. The summed E-state index contributed by atoms with van der Waals surface area (Å²) in [4.78, 5) is 45.0. The van der Waals surface area contributed by atoms with Gasteiger partial charge in [-0.25, -0.2) is 9.78 Å². The van der Waals surface area contributed by atoms with Crippen molar-refractivity contribution in [2.75, 3.05) is 26.2 Å². The molecule has 1 spiro atoms. The number of hydrogen-bond acceptors (Lipinski definition) is 4. The zero-order valence-electron chi connectivity index (χ0n) is 15.1.